The molecule has 3 aromatic rings. The molecule has 5 heteroatoms. The first-order chi connectivity index (χ1) is 16.6. The van der Waals surface area contributed by atoms with Gasteiger partial charge in [-0.25, -0.2) is 0 Å². The molecule has 0 radical (unpaired) electrons. The zero-order chi connectivity index (χ0) is 24.1. The van der Waals surface area contributed by atoms with Crippen molar-refractivity contribution in [1.82, 2.24) is 4.90 Å². The number of ether oxygens (including phenoxy) is 1. The molecule has 34 heavy (non-hydrogen) atoms. The lowest BCUT2D eigenvalue weighted by molar-refractivity contribution is -0.147. The van der Waals surface area contributed by atoms with Gasteiger partial charge in [-0.2, -0.15) is 0 Å². The van der Waals surface area contributed by atoms with Crippen molar-refractivity contribution in [1.29, 1.82) is 0 Å². The van der Waals surface area contributed by atoms with Gasteiger partial charge in [0.05, 0.1) is 0 Å². The van der Waals surface area contributed by atoms with E-state index in [2.05, 4.69) is 18.7 Å². The maximum absolute atomic E-state index is 14.1. The average molecular weight is 456 g/mol. The van der Waals surface area contributed by atoms with E-state index in [-0.39, 0.29) is 18.2 Å². The molecule has 0 heterocycles. The SMILES string of the molecule is CCN(CC)CCOC(=O)[C@H](c1ccccc1)C1(c2ccccc2)C(=O)c2ccccc2C1=O. The molecule has 0 fully saturated rings. The van der Waals surface area contributed by atoms with Crippen LogP contribution in [0.4, 0.5) is 0 Å². The highest BCUT2D eigenvalue weighted by atomic mass is 16.5. The summed E-state index contributed by atoms with van der Waals surface area (Å²) in [6.07, 6.45) is 0. The minimum atomic E-state index is -1.72. The molecule has 1 atom stereocenters. The normalized spacial score (nSPS) is 15.3. The maximum atomic E-state index is 14.1. The molecule has 0 spiro atoms. The lowest BCUT2D eigenvalue weighted by Crippen LogP contribution is -2.48. The smallest absolute Gasteiger partial charge is 0.315 e. The van der Waals surface area contributed by atoms with Gasteiger partial charge in [-0.3, -0.25) is 14.4 Å². The number of hydrogen-bond donors (Lipinski definition) is 0. The first-order valence-electron chi connectivity index (χ1n) is 11.7. The number of fused-ring (bicyclic) bond motifs is 1. The van der Waals surface area contributed by atoms with Gasteiger partial charge in [0.25, 0.3) is 0 Å². The van der Waals surface area contributed by atoms with Crippen LogP contribution < -0.4 is 0 Å². The Bertz CT molecular complexity index is 1130. The fraction of sp³-hybridized carbons (Fsp3) is 0.276. The summed E-state index contributed by atoms with van der Waals surface area (Å²) < 4.78 is 5.76. The van der Waals surface area contributed by atoms with Crippen molar-refractivity contribution >= 4 is 17.5 Å². The highest BCUT2D eigenvalue weighted by Gasteiger charge is 2.61. The van der Waals surface area contributed by atoms with E-state index in [9.17, 15) is 14.4 Å². The molecule has 0 unspecified atom stereocenters. The highest BCUT2D eigenvalue weighted by molar-refractivity contribution is 6.35. The van der Waals surface area contributed by atoms with E-state index in [0.29, 0.717) is 28.8 Å². The summed E-state index contributed by atoms with van der Waals surface area (Å²) in [6, 6.07) is 24.7. The Kier molecular flexibility index (Phi) is 7.03. The Balaban J connectivity index is 1.85. The van der Waals surface area contributed by atoms with Crippen LogP contribution in [0.5, 0.6) is 0 Å². The Morgan fingerprint density at radius 1 is 0.794 bits per heavy atom. The van der Waals surface area contributed by atoms with Crippen LogP contribution in [0.3, 0.4) is 0 Å². The summed E-state index contributed by atoms with van der Waals surface area (Å²) in [5.74, 6) is -2.42. The molecule has 5 nitrogen and oxygen atoms in total. The molecule has 1 aliphatic rings. The third-order valence-electron chi connectivity index (χ3n) is 6.71. The van der Waals surface area contributed by atoms with Crippen molar-refractivity contribution in [3.05, 3.63) is 107 Å². The second kappa shape index (κ2) is 10.1. The summed E-state index contributed by atoms with van der Waals surface area (Å²) in [7, 11) is 0. The zero-order valence-electron chi connectivity index (χ0n) is 19.6. The molecule has 4 rings (SSSR count). The van der Waals surface area contributed by atoms with Gasteiger partial charge in [0.2, 0.25) is 0 Å². The van der Waals surface area contributed by atoms with E-state index in [1.807, 2.05) is 12.1 Å². The monoisotopic (exact) mass is 455 g/mol. The van der Waals surface area contributed by atoms with Crippen molar-refractivity contribution in [3.63, 3.8) is 0 Å². The minimum Gasteiger partial charge on any atom is -0.464 e. The Labute approximate surface area is 200 Å². The third kappa shape index (κ3) is 3.97. The van der Waals surface area contributed by atoms with Crippen LogP contribution in [0.25, 0.3) is 0 Å². The largest absolute Gasteiger partial charge is 0.464 e. The average Bonchev–Trinajstić information content (AvgIpc) is 3.11. The molecule has 0 saturated carbocycles. The van der Waals surface area contributed by atoms with Gasteiger partial charge in [0.15, 0.2) is 11.6 Å². The lowest BCUT2D eigenvalue weighted by atomic mass is 9.64. The molecular formula is C29H29NO4. The van der Waals surface area contributed by atoms with Crippen molar-refractivity contribution < 1.29 is 19.1 Å². The van der Waals surface area contributed by atoms with Crippen molar-refractivity contribution in [2.75, 3.05) is 26.2 Å². The molecule has 0 amide bonds. The van der Waals surface area contributed by atoms with Gasteiger partial charge in [0.1, 0.15) is 17.9 Å². The molecular weight excluding hydrogens is 426 g/mol. The first kappa shape index (κ1) is 23.6. The number of ketones is 2. The molecule has 0 aliphatic heterocycles. The molecule has 0 saturated heterocycles. The molecule has 0 bridgehead atoms. The van der Waals surface area contributed by atoms with Crippen molar-refractivity contribution in [2.24, 2.45) is 0 Å². The van der Waals surface area contributed by atoms with Gasteiger partial charge in [0, 0.05) is 17.7 Å². The topological polar surface area (TPSA) is 63.7 Å². The fourth-order valence-corrected chi connectivity index (χ4v) is 4.91. The van der Waals surface area contributed by atoms with Crippen LogP contribution >= 0.6 is 0 Å². The number of likely N-dealkylation sites (N-methyl/N-ethyl adjacent to an activating group) is 1. The fourth-order valence-electron chi connectivity index (χ4n) is 4.91. The van der Waals surface area contributed by atoms with Crippen molar-refractivity contribution in [2.45, 2.75) is 25.2 Å². The Morgan fingerprint density at radius 3 is 1.82 bits per heavy atom. The minimum absolute atomic E-state index is 0.185. The number of Topliss-reactive ketones (excluding diaryl/α,β-unsaturated/α-hetero) is 2. The molecule has 1 aliphatic carbocycles. The van der Waals surface area contributed by atoms with E-state index in [4.69, 9.17) is 4.74 Å². The number of esters is 1. The number of carbonyl (C=O) groups is 3. The van der Waals surface area contributed by atoms with Crippen molar-refractivity contribution in [3.8, 4) is 0 Å². The number of benzene rings is 3. The van der Waals surface area contributed by atoms with Crippen LogP contribution in [0, 0.1) is 0 Å². The quantitative estimate of drug-likeness (QED) is 0.347. The maximum Gasteiger partial charge on any atom is 0.315 e. The molecule has 3 aromatic carbocycles. The van der Waals surface area contributed by atoms with Gasteiger partial charge >= 0.3 is 5.97 Å². The molecule has 0 N–H and O–H groups in total. The third-order valence-corrected chi connectivity index (χ3v) is 6.71. The summed E-state index contributed by atoms with van der Waals surface area (Å²) >= 11 is 0. The predicted molar refractivity (Wildman–Crippen MR) is 131 cm³/mol. The second-order valence-corrected chi connectivity index (χ2v) is 8.42. The summed E-state index contributed by atoms with van der Waals surface area (Å²) in [5.41, 5.74) is 0.0318. The zero-order valence-corrected chi connectivity index (χ0v) is 19.6. The molecule has 174 valence electrons. The lowest BCUT2D eigenvalue weighted by Gasteiger charge is -2.34. The first-order valence-corrected chi connectivity index (χ1v) is 11.7. The van der Waals surface area contributed by atoms with Crippen LogP contribution in [0.15, 0.2) is 84.9 Å². The number of rotatable bonds is 9. The Morgan fingerprint density at radius 2 is 1.29 bits per heavy atom. The summed E-state index contributed by atoms with van der Waals surface area (Å²) in [6.45, 7) is 6.56. The highest BCUT2D eigenvalue weighted by Crippen LogP contribution is 2.49. The molecule has 0 aromatic heterocycles. The summed E-state index contributed by atoms with van der Waals surface area (Å²) in [4.78, 5) is 44.1. The summed E-state index contributed by atoms with van der Waals surface area (Å²) in [5, 5.41) is 0. The van der Waals surface area contributed by atoms with Gasteiger partial charge in [-0.05, 0) is 24.2 Å². The van der Waals surface area contributed by atoms with Crippen LogP contribution in [-0.4, -0.2) is 48.7 Å². The predicted octanol–water partition coefficient (Wildman–Crippen LogP) is 4.67. The van der Waals surface area contributed by atoms with E-state index in [1.54, 1.807) is 72.8 Å². The standard InChI is InChI=1S/C29H29NO4/c1-3-30(4-2)19-20-34-28(33)25(21-13-7-5-8-14-21)29(22-15-9-6-10-16-22)26(31)23-17-11-12-18-24(23)27(29)32/h5-18,25H,3-4,19-20H2,1-2H3/t25-/m0/s1. The van der Waals surface area contributed by atoms with Gasteiger partial charge in [-0.15, -0.1) is 0 Å². The van der Waals surface area contributed by atoms with Gasteiger partial charge < -0.3 is 9.64 Å². The van der Waals surface area contributed by atoms with E-state index in [0.717, 1.165) is 13.1 Å². The number of hydrogen-bond acceptors (Lipinski definition) is 5. The van der Waals surface area contributed by atoms with Crippen LogP contribution in [0.2, 0.25) is 0 Å². The van der Waals surface area contributed by atoms with E-state index in [1.165, 1.54) is 0 Å². The number of carbonyl (C=O) groups excluding carboxylic acids is 3. The van der Waals surface area contributed by atoms with Crippen LogP contribution in [0.1, 0.15) is 51.6 Å². The second-order valence-electron chi connectivity index (χ2n) is 8.42. The van der Waals surface area contributed by atoms with E-state index < -0.39 is 17.3 Å². The van der Waals surface area contributed by atoms with Crippen LogP contribution in [-0.2, 0) is 14.9 Å². The van der Waals surface area contributed by atoms with E-state index >= 15 is 0 Å². The Hall–Kier alpha value is -3.57. The number of nitrogens with zero attached hydrogens (tertiary/aromatic N) is 1. The van der Waals surface area contributed by atoms with Gasteiger partial charge in [-0.1, -0.05) is 98.8 Å².